The van der Waals surface area contributed by atoms with E-state index in [0.717, 1.165) is 39.4 Å². The van der Waals surface area contributed by atoms with E-state index in [1.165, 1.54) is 11.0 Å². The second-order valence-corrected chi connectivity index (χ2v) is 13.1. The summed E-state index contributed by atoms with van der Waals surface area (Å²) >= 11 is 5.93. The minimum absolute atomic E-state index is 0.0387. The fourth-order valence-corrected chi connectivity index (χ4v) is 5.25. The summed E-state index contributed by atoms with van der Waals surface area (Å²) in [6.45, 7) is 6.91. The van der Waals surface area contributed by atoms with Gasteiger partial charge in [0.1, 0.15) is 18.4 Å². The molecule has 3 aromatic carbocycles. The third-order valence-corrected chi connectivity index (χ3v) is 7.67. The molecule has 3 aromatic rings. The van der Waals surface area contributed by atoms with Crippen LogP contribution in [0.1, 0.15) is 37.5 Å². The molecule has 0 aliphatic heterocycles. The third-order valence-electron chi connectivity index (χ3n) is 6.24. The molecule has 10 heteroatoms. The quantitative estimate of drug-likeness (QED) is 0.357. The molecule has 0 saturated carbocycles. The summed E-state index contributed by atoms with van der Waals surface area (Å²) in [5, 5.41) is 2.70. The van der Waals surface area contributed by atoms with Crippen LogP contribution in [0.25, 0.3) is 0 Å². The topological polar surface area (TPSA) is 86.8 Å². The number of anilines is 1. The number of carbonyl (C=O) groups excluding carboxylic acids is 2. The van der Waals surface area contributed by atoms with Gasteiger partial charge in [-0.1, -0.05) is 66.2 Å². The maximum atomic E-state index is 14.1. The number of hydrogen-bond acceptors (Lipinski definition) is 4. The predicted octanol–water partition coefficient (Wildman–Crippen LogP) is 5.11. The Morgan fingerprint density at radius 1 is 1.00 bits per heavy atom. The number of nitrogens with one attached hydrogen (secondary N) is 1. The van der Waals surface area contributed by atoms with Crippen LogP contribution in [0.15, 0.2) is 72.8 Å². The van der Waals surface area contributed by atoms with Crippen LogP contribution in [-0.2, 0) is 32.6 Å². The molecule has 0 aliphatic rings. The van der Waals surface area contributed by atoms with Gasteiger partial charge in [0.15, 0.2) is 0 Å². The van der Waals surface area contributed by atoms with E-state index in [1.807, 2.05) is 82.3 Å². The van der Waals surface area contributed by atoms with E-state index < -0.39 is 39.9 Å². The zero-order valence-corrected chi connectivity index (χ0v) is 24.9. The molecule has 0 saturated heterocycles. The Kier molecular flexibility index (Phi) is 9.97. The lowest BCUT2D eigenvalue weighted by Crippen LogP contribution is -2.56. The van der Waals surface area contributed by atoms with E-state index >= 15 is 0 Å². The van der Waals surface area contributed by atoms with Gasteiger partial charge in [-0.25, -0.2) is 12.8 Å². The van der Waals surface area contributed by atoms with Gasteiger partial charge in [-0.3, -0.25) is 13.9 Å². The summed E-state index contributed by atoms with van der Waals surface area (Å²) in [7, 11) is -3.99. The van der Waals surface area contributed by atoms with E-state index in [0.29, 0.717) is 0 Å². The molecule has 2 amide bonds. The van der Waals surface area contributed by atoms with Crippen molar-refractivity contribution in [1.82, 2.24) is 10.2 Å². The highest BCUT2D eigenvalue weighted by molar-refractivity contribution is 7.92. The Morgan fingerprint density at radius 2 is 1.62 bits per heavy atom. The highest BCUT2D eigenvalue weighted by atomic mass is 35.5. The minimum atomic E-state index is -3.99. The average Bonchev–Trinajstić information content (AvgIpc) is 2.86. The molecule has 40 heavy (non-hydrogen) atoms. The van der Waals surface area contributed by atoms with Crippen molar-refractivity contribution in [2.24, 2.45) is 0 Å². The van der Waals surface area contributed by atoms with Crippen LogP contribution in [-0.4, -0.2) is 49.5 Å². The molecule has 1 unspecified atom stereocenters. The SMILES string of the molecule is Cc1ccccc1CN(C(=O)CN(c1ccc(F)c(Cl)c1)S(C)(=O)=O)C(Cc1ccccc1)C(=O)NC(C)(C)C. The number of rotatable bonds is 10. The lowest BCUT2D eigenvalue weighted by molar-refractivity contribution is -0.140. The van der Waals surface area contributed by atoms with Gasteiger partial charge in [0, 0.05) is 18.5 Å². The van der Waals surface area contributed by atoms with Crippen LogP contribution < -0.4 is 9.62 Å². The maximum Gasteiger partial charge on any atom is 0.244 e. The van der Waals surface area contributed by atoms with Crippen molar-refractivity contribution < 1.29 is 22.4 Å². The van der Waals surface area contributed by atoms with E-state index in [2.05, 4.69) is 5.32 Å². The Morgan fingerprint density at radius 3 is 2.20 bits per heavy atom. The Labute approximate surface area is 241 Å². The standard InChI is InChI=1S/C30H35ClFN3O4S/c1-21-11-9-10-14-23(21)19-34(27(29(37)33-30(2,3)4)17-22-12-7-6-8-13-22)28(36)20-35(40(5,38)39)24-15-16-26(32)25(31)18-24/h6-16,18,27H,17,19-20H2,1-5H3,(H,33,37). The molecule has 1 N–H and O–H groups in total. The molecule has 214 valence electrons. The largest absolute Gasteiger partial charge is 0.350 e. The second kappa shape index (κ2) is 12.8. The summed E-state index contributed by atoms with van der Waals surface area (Å²) < 4.78 is 40.4. The first-order chi connectivity index (χ1) is 18.7. The highest BCUT2D eigenvalue weighted by Crippen LogP contribution is 2.25. The van der Waals surface area contributed by atoms with Crippen LogP contribution in [0, 0.1) is 12.7 Å². The number of sulfonamides is 1. The molecule has 1 atom stereocenters. The Bertz CT molecular complexity index is 1460. The fourth-order valence-electron chi connectivity index (χ4n) is 4.23. The lowest BCUT2D eigenvalue weighted by Gasteiger charge is -2.35. The number of carbonyl (C=O) groups is 2. The number of aryl methyl sites for hydroxylation is 1. The Hall–Kier alpha value is -3.43. The molecule has 7 nitrogen and oxygen atoms in total. The van der Waals surface area contributed by atoms with Crippen molar-refractivity contribution in [3.8, 4) is 0 Å². The zero-order chi connectivity index (χ0) is 29.7. The van der Waals surface area contributed by atoms with Gasteiger partial charge in [-0.05, 0) is 62.6 Å². The molecule has 0 heterocycles. The van der Waals surface area contributed by atoms with Gasteiger partial charge < -0.3 is 10.2 Å². The van der Waals surface area contributed by atoms with Gasteiger partial charge in [-0.2, -0.15) is 0 Å². The molecule has 0 aromatic heterocycles. The van der Waals surface area contributed by atoms with Crippen molar-refractivity contribution in [3.05, 3.63) is 100 Å². The van der Waals surface area contributed by atoms with Gasteiger partial charge in [0.25, 0.3) is 0 Å². The normalized spacial score (nSPS) is 12.5. The van der Waals surface area contributed by atoms with Crippen molar-refractivity contribution in [2.45, 2.75) is 52.2 Å². The number of halogens is 2. The summed E-state index contributed by atoms with van der Waals surface area (Å²) in [5.74, 6) is -1.68. The molecule has 0 bridgehead atoms. The van der Waals surface area contributed by atoms with Gasteiger partial charge in [0.2, 0.25) is 21.8 Å². The smallest absolute Gasteiger partial charge is 0.244 e. The predicted molar refractivity (Wildman–Crippen MR) is 157 cm³/mol. The number of hydrogen-bond donors (Lipinski definition) is 1. The monoisotopic (exact) mass is 587 g/mol. The van der Waals surface area contributed by atoms with E-state index in [-0.39, 0.29) is 29.6 Å². The van der Waals surface area contributed by atoms with Gasteiger partial charge in [0.05, 0.1) is 17.0 Å². The highest BCUT2D eigenvalue weighted by Gasteiger charge is 2.34. The van der Waals surface area contributed by atoms with Crippen LogP contribution >= 0.6 is 11.6 Å². The van der Waals surface area contributed by atoms with Gasteiger partial charge in [-0.15, -0.1) is 0 Å². The number of nitrogens with zero attached hydrogens (tertiary/aromatic N) is 2. The van der Waals surface area contributed by atoms with E-state index in [1.54, 1.807) is 0 Å². The first-order valence-corrected chi connectivity index (χ1v) is 15.0. The third kappa shape index (κ3) is 8.53. The van der Waals surface area contributed by atoms with Crippen molar-refractivity contribution in [2.75, 3.05) is 17.1 Å². The molecule has 0 fully saturated rings. The molecular weight excluding hydrogens is 553 g/mol. The van der Waals surface area contributed by atoms with Crippen LogP contribution in [0.5, 0.6) is 0 Å². The molecular formula is C30H35ClFN3O4S. The maximum absolute atomic E-state index is 14.1. The molecule has 3 rings (SSSR count). The Balaban J connectivity index is 2.10. The summed E-state index contributed by atoms with van der Waals surface area (Å²) in [4.78, 5) is 29.2. The summed E-state index contributed by atoms with van der Waals surface area (Å²) in [5.41, 5.74) is 2.03. The summed E-state index contributed by atoms with van der Waals surface area (Å²) in [6, 6.07) is 19.3. The lowest BCUT2D eigenvalue weighted by atomic mass is 10.00. The summed E-state index contributed by atoms with van der Waals surface area (Å²) in [6.07, 6.45) is 1.17. The van der Waals surface area contributed by atoms with Crippen molar-refractivity contribution in [1.29, 1.82) is 0 Å². The van der Waals surface area contributed by atoms with Crippen molar-refractivity contribution in [3.63, 3.8) is 0 Å². The fraction of sp³-hybridized carbons (Fsp3) is 0.333. The minimum Gasteiger partial charge on any atom is -0.350 e. The molecule has 0 aliphatic carbocycles. The number of benzene rings is 3. The van der Waals surface area contributed by atoms with Crippen LogP contribution in [0.3, 0.4) is 0 Å². The zero-order valence-electron chi connectivity index (χ0n) is 23.3. The van der Waals surface area contributed by atoms with E-state index in [9.17, 15) is 22.4 Å². The van der Waals surface area contributed by atoms with Crippen LogP contribution in [0.2, 0.25) is 5.02 Å². The first-order valence-electron chi connectivity index (χ1n) is 12.8. The second-order valence-electron chi connectivity index (χ2n) is 10.8. The number of amides is 2. The first kappa shape index (κ1) is 31.1. The van der Waals surface area contributed by atoms with Crippen LogP contribution in [0.4, 0.5) is 10.1 Å². The van der Waals surface area contributed by atoms with E-state index in [4.69, 9.17) is 11.6 Å². The van der Waals surface area contributed by atoms with Crippen molar-refractivity contribution >= 4 is 39.1 Å². The molecule has 0 spiro atoms. The molecule has 0 radical (unpaired) electrons. The average molecular weight is 588 g/mol. The van der Waals surface area contributed by atoms with Gasteiger partial charge >= 0.3 is 0 Å².